The first-order chi connectivity index (χ1) is 26.0. The van der Waals surface area contributed by atoms with E-state index in [4.69, 9.17) is 6.57 Å². The molecule has 0 heterocycles. The van der Waals surface area contributed by atoms with Gasteiger partial charge in [-0.1, -0.05) is 164 Å². The normalized spacial score (nSPS) is 12.4. The molecule has 2 nitrogen and oxygen atoms in total. The second kappa shape index (κ2) is 11.8. The van der Waals surface area contributed by atoms with Crippen molar-refractivity contribution in [2.75, 3.05) is 0 Å². The molecule has 0 saturated carbocycles. The average Bonchev–Trinajstić information content (AvgIpc) is 3.67. The number of fused-ring (bicyclic) bond motifs is 8. The highest BCUT2D eigenvalue weighted by molar-refractivity contribution is 6.45. The van der Waals surface area contributed by atoms with E-state index in [0.29, 0.717) is 11.3 Å². The van der Waals surface area contributed by atoms with Gasteiger partial charge in [0.1, 0.15) is 0 Å². The first-order valence-corrected chi connectivity index (χ1v) is 18.8. The van der Waals surface area contributed by atoms with Gasteiger partial charge >= 0.3 is 0 Å². The minimum Gasteiger partial charge on any atom is -0.238 e. The van der Waals surface area contributed by atoms with Crippen molar-refractivity contribution in [3.05, 3.63) is 149 Å². The van der Waals surface area contributed by atoms with E-state index in [-0.39, 0.29) is 18.3 Å². The number of nitriles is 1. The highest BCUT2D eigenvalue weighted by atomic mass is 14.6. The average molecular weight is 707 g/mol. The van der Waals surface area contributed by atoms with Crippen LogP contribution >= 0.6 is 0 Å². The van der Waals surface area contributed by atoms with E-state index in [1.54, 1.807) is 0 Å². The van der Waals surface area contributed by atoms with Crippen LogP contribution in [-0.2, 0) is 10.8 Å². The lowest BCUT2D eigenvalue weighted by atomic mass is 9.80. The summed E-state index contributed by atoms with van der Waals surface area (Å²) in [5.41, 5.74) is 7.41. The number of hydrogen-bond donors (Lipinski definition) is 0. The van der Waals surface area contributed by atoms with E-state index in [9.17, 15) is 5.26 Å². The summed E-state index contributed by atoms with van der Waals surface area (Å²) in [5, 5.41) is 27.5. The molecule has 0 saturated heterocycles. The summed E-state index contributed by atoms with van der Waals surface area (Å²) in [6.45, 7) is 21.8. The third kappa shape index (κ3) is 4.71. The van der Waals surface area contributed by atoms with Crippen molar-refractivity contribution in [1.29, 1.82) is 5.26 Å². The standard InChI is InChI=1S/C52H38N2.CH4/c1-51(2,3)31-21-23-33(30(25-31)28-53)48-47-40-20-12-17-36-34-15-8-9-16-35(34)41(45(36)40)27-42(47)46(37-24-22-32(52(4,5)6)26-43(37)54-7)49-38-18-10-13-29-14-11-19-39(44(29)38)50(48)49;/h8-27H,1-6H3;1H4. The quantitative estimate of drug-likeness (QED) is 0.130. The topological polar surface area (TPSA) is 28.1 Å². The van der Waals surface area contributed by atoms with Gasteiger partial charge in [0, 0.05) is 5.56 Å². The molecule has 10 rings (SSSR count). The van der Waals surface area contributed by atoms with Crippen LogP contribution in [0.3, 0.4) is 0 Å². The van der Waals surface area contributed by atoms with Crippen molar-refractivity contribution in [3.8, 4) is 28.3 Å². The number of rotatable bonds is 2. The molecule has 2 heteroatoms. The van der Waals surface area contributed by atoms with Crippen LogP contribution in [0.2, 0.25) is 0 Å². The predicted molar refractivity (Wildman–Crippen MR) is 237 cm³/mol. The van der Waals surface area contributed by atoms with E-state index in [1.165, 1.54) is 48.5 Å². The van der Waals surface area contributed by atoms with Crippen LogP contribution in [0.4, 0.5) is 5.69 Å². The zero-order valence-electron chi connectivity index (χ0n) is 31.4. The van der Waals surface area contributed by atoms with E-state index in [0.717, 1.165) is 60.3 Å². The summed E-state index contributed by atoms with van der Waals surface area (Å²) in [6, 6.07) is 46.7. The predicted octanol–water partition coefficient (Wildman–Crippen LogP) is 15.6. The Hall–Kier alpha value is -6.48. The maximum absolute atomic E-state index is 11.0. The van der Waals surface area contributed by atoms with Crippen molar-refractivity contribution in [2.24, 2.45) is 0 Å². The Balaban J connectivity index is 0.00000397. The molecule has 0 fully saturated rings. The molecule has 0 amide bonds. The lowest BCUT2D eigenvalue weighted by molar-refractivity contribution is 0.590. The summed E-state index contributed by atoms with van der Waals surface area (Å²) in [7, 11) is 0. The van der Waals surface area contributed by atoms with Gasteiger partial charge in [-0.25, -0.2) is 4.85 Å². The maximum atomic E-state index is 11.0. The summed E-state index contributed by atoms with van der Waals surface area (Å²) >= 11 is 0. The fraction of sp³-hybridized carbons (Fsp3) is 0.170. The Labute approximate surface area is 322 Å². The Bertz CT molecular complexity index is 3290. The van der Waals surface area contributed by atoms with Gasteiger partial charge in [0.2, 0.25) is 0 Å². The lowest BCUT2D eigenvalue weighted by Gasteiger charge is -2.23. The van der Waals surface area contributed by atoms with Crippen LogP contribution < -0.4 is 0 Å². The number of hydrogen-bond acceptors (Lipinski definition) is 1. The highest BCUT2D eigenvalue weighted by Gasteiger charge is 2.29. The SMILES string of the molecule is C.[C-]#[N+]c1cc(C(C)(C)C)ccc1-c1c2cc3c4ccccc4c4cccc(c2c(-c2ccc(C(C)(C)C)cc2C#N)c2c5cccc6cccc(c12)c65)c43. The monoisotopic (exact) mass is 706 g/mol. The molecule has 0 aromatic heterocycles. The van der Waals surface area contributed by atoms with Crippen LogP contribution in [0.5, 0.6) is 0 Å². The van der Waals surface area contributed by atoms with Gasteiger partial charge in [-0.2, -0.15) is 5.26 Å². The van der Waals surface area contributed by atoms with E-state index < -0.39 is 0 Å². The molecule has 10 aromatic rings. The molecule has 0 unspecified atom stereocenters. The molecule has 55 heavy (non-hydrogen) atoms. The molecule has 0 bridgehead atoms. The molecule has 10 aromatic carbocycles. The number of nitrogens with zero attached hydrogens (tertiary/aromatic N) is 2. The van der Waals surface area contributed by atoms with E-state index in [1.807, 2.05) is 0 Å². The summed E-state index contributed by atoms with van der Waals surface area (Å²) in [6.07, 6.45) is 0. The number of benzene rings is 8. The summed E-state index contributed by atoms with van der Waals surface area (Å²) < 4.78 is 0. The first kappa shape index (κ1) is 34.3. The Morgan fingerprint density at radius 3 is 1.62 bits per heavy atom. The molecule has 0 radical (unpaired) electrons. The van der Waals surface area contributed by atoms with Gasteiger partial charge in [0.25, 0.3) is 0 Å². The molecular weight excluding hydrogens is 665 g/mol. The molecule has 0 atom stereocenters. The van der Waals surface area contributed by atoms with Gasteiger partial charge in [-0.3, -0.25) is 0 Å². The Morgan fingerprint density at radius 2 is 1.00 bits per heavy atom. The highest BCUT2D eigenvalue weighted by Crippen LogP contribution is 2.56. The molecule has 0 aliphatic heterocycles. The summed E-state index contributed by atoms with van der Waals surface area (Å²) in [4.78, 5) is 4.25. The molecule has 0 aliphatic carbocycles. The summed E-state index contributed by atoms with van der Waals surface area (Å²) in [5.74, 6) is 0. The van der Waals surface area contributed by atoms with Crippen LogP contribution in [0.15, 0.2) is 121 Å². The maximum Gasteiger partial charge on any atom is 0.195 e. The molecule has 0 N–H and O–H groups in total. The van der Waals surface area contributed by atoms with Crippen molar-refractivity contribution in [3.63, 3.8) is 0 Å². The Kier molecular flexibility index (Phi) is 7.33. The second-order valence-corrected chi connectivity index (χ2v) is 17.0. The smallest absolute Gasteiger partial charge is 0.195 e. The Morgan fingerprint density at radius 1 is 0.473 bits per heavy atom. The van der Waals surface area contributed by atoms with Crippen molar-refractivity contribution < 1.29 is 0 Å². The van der Waals surface area contributed by atoms with Crippen LogP contribution in [0.1, 0.15) is 65.7 Å². The minimum absolute atomic E-state index is 0. The van der Waals surface area contributed by atoms with Gasteiger partial charge in [-0.05, 0) is 121 Å². The van der Waals surface area contributed by atoms with Crippen LogP contribution in [0.25, 0.3) is 103 Å². The molecule has 0 aliphatic rings. The first-order valence-electron chi connectivity index (χ1n) is 18.8. The molecule has 0 spiro atoms. The van der Waals surface area contributed by atoms with Crippen molar-refractivity contribution >= 4 is 81.1 Å². The molecule has 264 valence electrons. The van der Waals surface area contributed by atoms with Crippen LogP contribution in [0, 0.1) is 17.9 Å². The van der Waals surface area contributed by atoms with Gasteiger partial charge < -0.3 is 0 Å². The van der Waals surface area contributed by atoms with Gasteiger partial charge in [0.05, 0.1) is 18.2 Å². The van der Waals surface area contributed by atoms with E-state index in [2.05, 4.69) is 174 Å². The van der Waals surface area contributed by atoms with Gasteiger partial charge in [0.15, 0.2) is 5.69 Å². The van der Waals surface area contributed by atoms with Crippen molar-refractivity contribution in [1.82, 2.24) is 0 Å². The largest absolute Gasteiger partial charge is 0.238 e. The lowest BCUT2D eigenvalue weighted by Crippen LogP contribution is -2.11. The fourth-order valence-electron chi connectivity index (χ4n) is 9.32. The second-order valence-electron chi connectivity index (χ2n) is 17.0. The third-order valence-electron chi connectivity index (χ3n) is 11.9. The third-order valence-corrected chi connectivity index (χ3v) is 11.9. The zero-order valence-corrected chi connectivity index (χ0v) is 31.4. The zero-order chi connectivity index (χ0) is 37.3. The fourth-order valence-corrected chi connectivity index (χ4v) is 9.32. The molecular formula is C53H42N2. The van der Waals surface area contributed by atoms with Gasteiger partial charge in [-0.15, -0.1) is 0 Å². The van der Waals surface area contributed by atoms with E-state index >= 15 is 0 Å². The van der Waals surface area contributed by atoms with Crippen LogP contribution in [-0.4, -0.2) is 0 Å². The van der Waals surface area contributed by atoms with Crippen molar-refractivity contribution in [2.45, 2.75) is 59.8 Å². The minimum atomic E-state index is -0.115.